The van der Waals surface area contributed by atoms with Crippen LogP contribution in [-0.2, 0) is 26.2 Å². The molecule has 0 radical (unpaired) electrons. The first-order valence-electron chi connectivity index (χ1n) is 12.5. The second-order valence-corrected chi connectivity index (χ2v) is 9.46. The SMILES string of the molecule is COc1ccc(NC(=O)C(=O)N2CCC(Oc3cccc4c(C5CCC(=O)NC5=O)nn(C)c34)CC2)cc1. The highest BCUT2D eigenvalue weighted by Crippen LogP contribution is 2.35. The monoisotopic (exact) mass is 519 g/mol. The zero-order valence-corrected chi connectivity index (χ0v) is 21.2. The summed E-state index contributed by atoms with van der Waals surface area (Å²) < 4.78 is 13.1. The number of para-hydroxylation sites is 1. The molecular weight excluding hydrogens is 490 g/mol. The Hall–Kier alpha value is -4.41. The third-order valence-electron chi connectivity index (χ3n) is 6.99. The minimum absolute atomic E-state index is 0.150. The van der Waals surface area contributed by atoms with Gasteiger partial charge in [-0.05, 0) is 36.8 Å². The summed E-state index contributed by atoms with van der Waals surface area (Å²) >= 11 is 0. The van der Waals surface area contributed by atoms with E-state index < -0.39 is 17.7 Å². The van der Waals surface area contributed by atoms with Crippen LogP contribution in [0, 0.1) is 0 Å². The molecule has 2 fully saturated rings. The van der Waals surface area contributed by atoms with E-state index in [4.69, 9.17) is 9.47 Å². The Morgan fingerprint density at radius 2 is 1.79 bits per heavy atom. The molecule has 4 amide bonds. The van der Waals surface area contributed by atoms with Crippen molar-refractivity contribution < 1.29 is 28.7 Å². The van der Waals surface area contributed by atoms with Gasteiger partial charge in [-0.2, -0.15) is 5.10 Å². The van der Waals surface area contributed by atoms with E-state index in [-0.39, 0.29) is 24.3 Å². The molecule has 2 aliphatic heterocycles. The summed E-state index contributed by atoms with van der Waals surface area (Å²) in [7, 11) is 3.35. The molecule has 2 aromatic carbocycles. The average Bonchev–Trinajstić information content (AvgIpc) is 3.26. The minimum Gasteiger partial charge on any atom is -0.497 e. The quantitative estimate of drug-likeness (QED) is 0.390. The van der Waals surface area contributed by atoms with Gasteiger partial charge in [0.15, 0.2) is 0 Å². The maximum atomic E-state index is 12.7. The van der Waals surface area contributed by atoms with E-state index in [2.05, 4.69) is 15.7 Å². The van der Waals surface area contributed by atoms with Gasteiger partial charge in [-0.3, -0.25) is 29.2 Å². The lowest BCUT2D eigenvalue weighted by Crippen LogP contribution is -2.46. The molecule has 5 rings (SSSR count). The molecule has 3 aromatic rings. The van der Waals surface area contributed by atoms with Crippen LogP contribution in [0.3, 0.4) is 0 Å². The number of aryl methyl sites for hydroxylation is 1. The van der Waals surface area contributed by atoms with Crippen molar-refractivity contribution in [3.63, 3.8) is 0 Å². The number of ether oxygens (including phenoxy) is 2. The van der Waals surface area contributed by atoms with Crippen molar-refractivity contribution in [2.24, 2.45) is 7.05 Å². The number of anilines is 1. The highest BCUT2D eigenvalue weighted by molar-refractivity contribution is 6.39. The third-order valence-corrected chi connectivity index (χ3v) is 6.99. The minimum atomic E-state index is -0.685. The van der Waals surface area contributed by atoms with Crippen molar-refractivity contribution in [2.45, 2.75) is 37.7 Å². The number of piperidine rings is 2. The van der Waals surface area contributed by atoms with E-state index in [0.29, 0.717) is 55.2 Å². The number of hydrogen-bond donors (Lipinski definition) is 2. The predicted molar refractivity (Wildman–Crippen MR) is 138 cm³/mol. The molecule has 1 unspecified atom stereocenters. The smallest absolute Gasteiger partial charge is 0.313 e. The fourth-order valence-electron chi connectivity index (χ4n) is 4.99. The van der Waals surface area contributed by atoms with Crippen LogP contribution in [0.1, 0.15) is 37.3 Å². The number of carbonyl (C=O) groups is 4. The van der Waals surface area contributed by atoms with Crippen molar-refractivity contribution >= 4 is 40.2 Å². The number of amides is 4. The van der Waals surface area contributed by atoms with Gasteiger partial charge >= 0.3 is 11.8 Å². The van der Waals surface area contributed by atoms with E-state index >= 15 is 0 Å². The average molecular weight is 520 g/mol. The molecule has 0 bridgehead atoms. The Balaban J connectivity index is 1.22. The number of nitrogens with zero attached hydrogens (tertiary/aromatic N) is 3. The Morgan fingerprint density at radius 3 is 2.47 bits per heavy atom. The van der Waals surface area contributed by atoms with Crippen molar-refractivity contribution in [1.82, 2.24) is 20.0 Å². The molecule has 11 heteroatoms. The zero-order valence-electron chi connectivity index (χ0n) is 21.2. The summed E-state index contributed by atoms with van der Waals surface area (Å²) in [5.74, 6) is -1.07. The molecule has 198 valence electrons. The molecule has 2 aliphatic rings. The number of rotatable bonds is 5. The van der Waals surface area contributed by atoms with E-state index in [1.54, 1.807) is 43.1 Å². The van der Waals surface area contributed by atoms with Crippen LogP contribution in [0.4, 0.5) is 5.69 Å². The molecule has 1 aromatic heterocycles. The van der Waals surface area contributed by atoms with Gasteiger partial charge in [-0.15, -0.1) is 0 Å². The molecule has 11 nitrogen and oxygen atoms in total. The van der Waals surface area contributed by atoms with Crippen molar-refractivity contribution in [2.75, 3.05) is 25.5 Å². The van der Waals surface area contributed by atoms with Crippen LogP contribution >= 0.6 is 0 Å². The van der Waals surface area contributed by atoms with Gasteiger partial charge in [0.2, 0.25) is 11.8 Å². The second-order valence-electron chi connectivity index (χ2n) is 9.46. The van der Waals surface area contributed by atoms with Crippen molar-refractivity contribution in [3.05, 3.63) is 48.2 Å². The van der Waals surface area contributed by atoms with Crippen LogP contribution < -0.4 is 20.1 Å². The molecule has 0 spiro atoms. The van der Waals surface area contributed by atoms with Crippen LogP contribution in [0.15, 0.2) is 42.5 Å². The van der Waals surface area contributed by atoms with Crippen LogP contribution in [0.25, 0.3) is 10.9 Å². The lowest BCUT2D eigenvalue weighted by atomic mass is 9.93. The van der Waals surface area contributed by atoms with E-state index in [0.717, 1.165) is 10.9 Å². The lowest BCUT2D eigenvalue weighted by Gasteiger charge is -2.31. The molecule has 38 heavy (non-hydrogen) atoms. The first-order valence-corrected chi connectivity index (χ1v) is 12.5. The van der Waals surface area contributed by atoms with Gasteiger partial charge in [0.05, 0.1) is 18.7 Å². The number of nitrogens with one attached hydrogen (secondary N) is 2. The van der Waals surface area contributed by atoms with Gasteiger partial charge in [0.1, 0.15) is 23.1 Å². The number of hydrogen-bond acceptors (Lipinski definition) is 7. The summed E-state index contributed by atoms with van der Waals surface area (Å²) in [6, 6.07) is 12.4. The molecule has 2 saturated heterocycles. The van der Waals surface area contributed by atoms with Crippen LogP contribution in [0.2, 0.25) is 0 Å². The summed E-state index contributed by atoms with van der Waals surface area (Å²) in [5.41, 5.74) is 1.91. The molecule has 3 heterocycles. The number of carbonyl (C=O) groups excluding carboxylic acids is 4. The highest BCUT2D eigenvalue weighted by atomic mass is 16.5. The van der Waals surface area contributed by atoms with Gasteiger partial charge in [-0.25, -0.2) is 0 Å². The summed E-state index contributed by atoms with van der Waals surface area (Å²) in [6.07, 6.45) is 1.68. The highest BCUT2D eigenvalue weighted by Gasteiger charge is 2.33. The van der Waals surface area contributed by atoms with E-state index in [1.165, 1.54) is 4.90 Å². The maximum Gasteiger partial charge on any atom is 0.313 e. The van der Waals surface area contributed by atoms with E-state index in [1.807, 2.05) is 18.2 Å². The zero-order chi connectivity index (χ0) is 26.8. The summed E-state index contributed by atoms with van der Waals surface area (Å²) in [5, 5.41) is 10.4. The molecule has 1 atom stereocenters. The van der Waals surface area contributed by atoms with Gasteiger partial charge in [0, 0.05) is 50.5 Å². The van der Waals surface area contributed by atoms with Crippen LogP contribution in [0.5, 0.6) is 11.5 Å². The Labute approximate surface area is 219 Å². The first kappa shape index (κ1) is 25.2. The largest absolute Gasteiger partial charge is 0.497 e. The van der Waals surface area contributed by atoms with Gasteiger partial charge in [0.25, 0.3) is 0 Å². The summed E-state index contributed by atoms with van der Waals surface area (Å²) in [4.78, 5) is 50.7. The number of benzene rings is 2. The number of methoxy groups -OCH3 is 1. The molecular formula is C27H29N5O6. The van der Waals surface area contributed by atoms with E-state index in [9.17, 15) is 19.2 Å². The van der Waals surface area contributed by atoms with Crippen LogP contribution in [-0.4, -0.2) is 64.6 Å². The van der Waals surface area contributed by atoms with Crippen molar-refractivity contribution in [1.29, 1.82) is 0 Å². The number of aromatic nitrogens is 2. The van der Waals surface area contributed by atoms with Crippen molar-refractivity contribution in [3.8, 4) is 11.5 Å². The molecule has 0 aliphatic carbocycles. The summed E-state index contributed by atoms with van der Waals surface area (Å²) in [6.45, 7) is 0.783. The lowest BCUT2D eigenvalue weighted by molar-refractivity contribution is -0.144. The van der Waals surface area contributed by atoms with Gasteiger partial charge in [-0.1, -0.05) is 12.1 Å². The number of fused-ring (bicyclic) bond motifs is 1. The normalized spacial score (nSPS) is 18.3. The fraction of sp³-hybridized carbons (Fsp3) is 0.370. The standard InChI is InChI=1S/C27H29N5O6/c1-31-24-19(23(30-31)20-10-11-22(33)29-25(20)34)4-3-5-21(24)38-18-12-14-32(15-13-18)27(36)26(35)28-16-6-8-17(37-2)9-7-16/h3-9,18,20H,10-15H2,1-2H3,(H,28,35)(H,29,33,34). The predicted octanol–water partition coefficient (Wildman–Crippen LogP) is 2.11. The number of likely N-dealkylation sites (tertiary alicyclic amines) is 1. The fourth-order valence-corrected chi connectivity index (χ4v) is 4.99. The Bertz CT molecular complexity index is 1390. The Morgan fingerprint density at radius 1 is 1.05 bits per heavy atom. The molecule has 2 N–H and O–H groups in total. The topological polar surface area (TPSA) is 132 Å². The second kappa shape index (κ2) is 10.5. The molecule has 0 saturated carbocycles. The maximum absolute atomic E-state index is 12.7. The van der Waals surface area contributed by atoms with Gasteiger partial charge < -0.3 is 19.7 Å². The first-order chi connectivity index (χ1) is 18.3. The Kier molecular flexibility index (Phi) is 6.99. The third kappa shape index (κ3) is 5.04. The number of imide groups is 1.